The molecule has 0 bridgehead atoms. The number of benzene rings is 3. The molecular formula is C26H23N3O3S. The second kappa shape index (κ2) is 10.6. The molecule has 2 amide bonds. The van der Waals surface area contributed by atoms with Crippen molar-refractivity contribution in [1.82, 2.24) is 10.3 Å². The number of hydrogen-bond donors (Lipinski definition) is 2. The Morgan fingerprint density at radius 2 is 1.70 bits per heavy atom. The number of anilines is 1. The van der Waals surface area contributed by atoms with Gasteiger partial charge in [-0.25, -0.2) is 4.98 Å². The highest BCUT2D eigenvalue weighted by Gasteiger charge is 2.23. The fourth-order valence-corrected chi connectivity index (χ4v) is 3.85. The molecule has 2 N–H and O–H groups in total. The van der Waals surface area contributed by atoms with Gasteiger partial charge in [-0.05, 0) is 42.8 Å². The second-order valence-electron chi connectivity index (χ2n) is 7.35. The van der Waals surface area contributed by atoms with Crippen LogP contribution in [0.1, 0.15) is 32.7 Å². The Balaban J connectivity index is 1.49. The summed E-state index contributed by atoms with van der Waals surface area (Å²) in [6, 6.07) is 24.3. The molecule has 0 aliphatic rings. The van der Waals surface area contributed by atoms with E-state index in [0.29, 0.717) is 29.2 Å². The van der Waals surface area contributed by atoms with E-state index in [1.165, 1.54) is 0 Å². The van der Waals surface area contributed by atoms with Gasteiger partial charge in [-0.1, -0.05) is 54.6 Å². The van der Waals surface area contributed by atoms with Crippen molar-refractivity contribution in [3.63, 3.8) is 0 Å². The van der Waals surface area contributed by atoms with Gasteiger partial charge in [0.1, 0.15) is 18.4 Å². The SMILES string of the molecule is Cc1nc(COc2cccc(C(=O)NC(C(=O)Nc3ccccc3)c3ccccc3)c2)cs1. The molecule has 166 valence electrons. The van der Waals surface area contributed by atoms with Crippen LogP contribution < -0.4 is 15.4 Å². The van der Waals surface area contributed by atoms with Crippen LogP contribution in [0.2, 0.25) is 0 Å². The van der Waals surface area contributed by atoms with Crippen LogP contribution in [-0.4, -0.2) is 16.8 Å². The quantitative estimate of drug-likeness (QED) is 0.384. The predicted molar refractivity (Wildman–Crippen MR) is 129 cm³/mol. The molecule has 1 aromatic heterocycles. The average Bonchev–Trinajstić information content (AvgIpc) is 3.27. The molecule has 7 heteroatoms. The fraction of sp³-hybridized carbons (Fsp3) is 0.115. The van der Waals surface area contributed by atoms with Crippen molar-refractivity contribution < 1.29 is 14.3 Å². The smallest absolute Gasteiger partial charge is 0.252 e. The number of carbonyl (C=O) groups excluding carboxylic acids is 2. The number of ether oxygens (including phenoxy) is 1. The molecule has 0 aliphatic carbocycles. The molecule has 33 heavy (non-hydrogen) atoms. The Morgan fingerprint density at radius 3 is 2.39 bits per heavy atom. The maximum atomic E-state index is 13.1. The van der Waals surface area contributed by atoms with Crippen molar-refractivity contribution in [2.24, 2.45) is 0 Å². The van der Waals surface area contributed by atoms with Crippen LogP contribution in [0, 0.1) is 6.92 Å². The molecule has 4 rings (SSSR count). The summed E-state index contributed by atoms with van der Waals surface area (Å²) in [5.41, 5.74) is 2.58. The van der Waals surface area contributed by atoms with E-state index in [0.717, 1.165) is 10.7 Å². The van der Waals surface area contributed by atoms with E-state index in [4.69, 9.17) is 4.74 Å². The number of thiazole rings is 1. The van der Waals surface area contributed by atoms with Gasteiger partial charge in [0.25, 0.3) is 11.8 Å². The first-order valence-electron chi connectivity index (χ1n) is 10.4. The number of nitrogens with zero attached hydrogens (tertiary/aromatic N) is 1. The van der Waals surface area contributed by atoms with E-state index in [9.17, 15) is 9.59 Å². The normalized spacial score (nSPS) is 11.4. The monoisotopic (exact) mass is 457 g/mol. The van der Waals surface area contributed by atoms with Gasteiger partial charge >= 0.3 is 0 Å². The van der Waals surface area contributed by atoms with Crippen molar-refractivity contribution in [2.75, 3.05) is 5.32 Å². The highest BCUT2D eigenvalue weighted by atomic mass is 32.1. The Bertz CT molecular complexity index is 1230. The first-order valence-corrected chi connectivity index (χ1v) is 11.3. The molecule has 0 radical (unpaired) electrons. The lowest BCUT2D eigenvalue weighted by molar-refractivity contribution is -0.118. The summed E-state index contributed by atoms with van der Waals surface area (Å²) in [5, 5.41) is 8.64. The number of aromatic nitrogens is 1. The summed E-state index contributed by atoms with van der Waals surface area (Å²) < 4.78 is 5.80. The van der Waals surface area contributed by atoms with E-state index in [2.05, 4.69) is 15.6 Å². The zero-order valence-electron chi connectivity index (χ0n) is 18.0. The number of nitrogens with one attached hydrogen (secondary N) is 2. The lowest BCUT2D eigenvalue weighted by Crippen LogP contribution is -2.37. The minimum absolute atomic E-state index is 0.321. The van der Waals surface area contributed by atoms with Crippen LogP contribution in [0.4, 0.5) is 5.69 Å². The van der Waals surface area contributed by atoms with E-state index < -0.39 is 6.04 Å². The van der Waals surface area contributed by atoms with Crippen molar-refractivity contribution in [3.05, 3.63) is 112 Å². The van der Waals surface area contributed by atoms with Crippen LogP contribution in [0.3, 0.4) is 0 Å². The summed E-state index contributed by atoms with van der Waals surface area (Å²) in [4.78, 5) is 30.5. The standard InChI is InChI=1S/C26H23N3O3S/c1-18-27-22(17-33-18)16-32-23-14-8-11-20(15-23)25(30)29-24(19-9-4-2-5-10-19)26(31)28-21-12-6-3-7-13-21/h2-15,17,24H,16H2,1H3,(H,28,31)(H,29,30). The van der Waals surface area contributed by atoms with E-state index in [-0.39, 0.29) is 11.8 Å². The zero-order valence-corrected chi connectivity index (χ0v) is 18.8. The lowest BCUT2D eigenvalue weighted by Gasteiger charge is -2.19. The molecule has 1 unspecified atom stereocenters. The predicted octanol–water partition coefficient (Wildman–Crippen LogP) is 5.14. The Kier molecular flexibility index (Phi) is 7.12. The van der Waals surface area contributed by atoms with Gasteiger partial charge in [0.2, 0.25) is 0 Å². The number of hydrogen-bond acceptors (Lipinski definition) is 5. The van der Waals surface area contributed by atoms with E-state index in [1.807, 2.05) is 60.8 Å². The summed E-state index contributed by atoms with van der Waals surface area (Å²) in [5.74, 6) is -0.146. The zero-order chi connectivity index (χ0) is 23.0. The number of aryl methyl sites for hydroxylation is 1. The Morgan fingerprint density at radius 1 is 0.970 bits per heavy atom. The highest BCUT2D eigenvalue weighted by molar-refractivity contribution is 7.09. The molecule has 0 fully saturated rings. The Labute approximate surface area is 196 Å². The molecule has 0 saturated heterocycles. The number of carbonyl (C=O) groups is 2. The van der Waals surface area contributed by atoms with Crippen molar-refractivity contribution in [1.29, 1.82) is 0 Å². The molecule has 0 saturated carbocycles. The first kappa shape index (κ1) is 22.2. The van der Waals surface area contributed by atoms with Crippen molar-refractivity contribution in [3.8, 4) is 5.75 Å². The minimum atomic E-state index is -0.860. The van der Waals surface area contributed by atoms with Gasteiger partial charge in [0.15, 0.2) is 0 Å². The Hall–Kier alpha value is -3.97. The maximum Gasteiger partial charge on any atom is 0.252 e. The fourth-order valence-electron chi connectivity index (χ4n) is 3.26. The van der Waals surface area contributed by atoms with Crippen LogP contribution in [0.15, 0.2) is 90.3 Å². The van der Waals surface area contributed by atoms with Gasteiger partial charge < -0.3 is 15.4 Å². The minimum Gasteiger partial charge on any atom is -0.487 e. The summed E-state index contributed by atoms with van der Waals surface area (Å²) >= 11 is 1.56. The van der Waals surface area contributed by atoms with Gasteiger partial charge in [-0.3, -0.25) is 9.59 Å². The average molecular weight is 458 g/mol. The van der Waals surface area contributed by atoms with Gasteiger partial charge in [0, 0.05) is 16.6 Å². The molecule has 1 heterocycles. The maximum absolute atomic E-state index is 13.1. The third kappa shape index (κ3) is 6.05. The van der Waals surface area contributed by atoms with E-state index in [1.54, 1.807) is 47.7 Å². The molecular weight excluding hydrogens is 434 g/mol. The number of para-hydroxylation sites is 1. The summed E-state index contributed by atoms with van der Waals surface area (Å²) in [6.07, 6.45) is 0. The van der Waals surface area contributed by atoms with Crippen LogP contribution in [0.25, 0.3) is 0 Å². The van der Waals surface area contributed by atoms with Crippen molar-refractivity contribution in [2.45, 2.75) is 19.6 Å². The molecule has 6 nitrogen and oxygen atoms in total. The van der Waals surface area contributed by atoms with Crippen LogP contribution >= 0.6 is 11.3 Å². The first-order chi connectivity index (χ1) is 16.1. The topological polar surface area (TPSA) is 80.3 Å². The van der Waals surface area contributed by atoms with Gasteiger partial charge in [0.05, 0.1) is 10.7 Å². The number of amides is 2. The molecule has 0 aliphatic heterocycles. The third-order valence-corrected chi connectivity index (χ3v) is 5.68. The second-order valence-corrected chi connectivity index (χ2v) is 8.41. The van der Waals surface area contributed by atoms with Gasteiger partial charge in [-0.15, -0.1) is 11.3 Å². The third-order valence-electron chi connectivity index (χ3n) is 4.86. The van der Waals surface area contributed by atoms with E-state index >= 15 is 0 Å². The molecule has 3 aromatic carbocycles. The summed E-state index contributed by atoms with van der Waals surface area (Å²) in [6.45, 7) is 2.26. The molecule has 1 atom stereocenters. The molecule has 4 aromatic rings. The highest BCUT2D eigenvalue weighted by Crippen LogP contribution is 2.20. The lowest BCUT2D eigenvalue weighted by atomic mass is 10.0. The molecule has 0 spiro atoms. The largest absolute Gasteiger partial charge is 0.487 e. The number of rotatable bonds is 8. The summed E-state index contributed by atoms with van der Waals surface area (Å²) in [7, 11) is 0. The van der Waals surface area contributed by atoms with Crippen LogP contribution in [-0.2, 0) is 11.4 Å². The van der Waals surface area contributed by atoms with Gasteiger partial charge in [-0.2, -0.15) is 0 Å². The van der Waals surface area contributed by atoms with Crippen molar-refractivity contribution >= 4 is 28.8 Å². The van der Waals surface area contributed by atoms with Crippen LogP contribution in [0.5, 0.6) is 5.75 Å².